The van der Waals surface area contributed by atoms with Gasteiger partial charge in [-0.05, 0) is 19.8 Å². The van der Waals surface area contributed by atoms with Gasteiger partial charge in [0.1, 0.15) is 0 Å². The number of aliphatic hydroxyl groups is 3. The van der Waals surface area contributed by atoms with Crippen LogP contribution in [0.2, 0.25) is 12.1 Å². The van der Waals surface area contributed by atoms with E-state index in [4.69, 9.17) is 38.2 Å². The van der Waals surface area contributed by atoms with Crippen molar-refractivity contribution in [2.45, 2.75) is 50.2 Å². The molecule has 176 valence electrons. The highest BCUT2D eigenvalue weighted by Gasteiger charge is 2.26. The van der Waals surface area contributed by atoms with E-state index in [1.807, 2.05) is 0 Å². The quantitative estimate of drug-likeness (QED) is 0.0705. The highest BCUT2D eigenvalue weighted by atomic mass is 28.4. The van der Waals surface area contributed by atoms with E-state index < -0.39 is 35.9 Å². The molecule has 0 fully saturated rings. The summed E-state index contributed by atoms with van der Waals surface area (Å²) < 4.78 is 10.5. The van der Waals surface area contributed by atoms with Crippen molar-refractivity contribution in [2.24, 2.45) is 0 Å². The number of aliphatic hydroxyl groups excluding tert-OH is 3. The van der Waals surface area contributed by atoms with E-state index in [1.54, 1.807) is 11.8 Å². The summed E-state index contributed by atoms with van der Waals surface area (Å²) in [6, 6.07) is -0.303. The van der Waals surface area contributed by atoms with Crippen LogP contribution in [0.1, 0.15) is 19.8 Å². The Balaban J connectivity index is 4.13. The SMILES string of the molecule is CC(O)CN(CC(O)COCCC[Si](O)(O)O)CC(O)COCCC[Si](O)(O)O. The van der Waals surface area contributed by atoms with Gasteiger partial charge in [-0.2, -0.15) is 0 Å². The maximum atomic E-state index is 10.1. The Hall–Kier alpha value is -0.0462. The molecule has 29 heavy (non-hydrogen) atoms. The van der Waals surface area contributed by atoms with E-state index in [9.17, 15) is 15.3 Å². The molecule has 3 unspecified atom stereocenters. The van der Waals surface area contributed by atoms with Gasteiger partial charge in [0.2, 0.25) is 0 Å². The van der Waals surface area contributed by atoms with E-state index in [0.29, 0.717) is 0 Å². The minimum absolute atomic E-state index is 0.0329. The minimum Gasteiger partial charge on any atom is -0.392 e. The molecule has 0 radical (unpaired) electrons. The fourth-order valence-electron chi connectivity index (χ4n) is 2.56. The highest BCUT2D eigenvalue weighted by molar-refractivity contribution is 6.56. The van der Waals surface area contributed by atoms with Crippen LogP contribution in [0.3, 0.4) is 0 Å². The molecule has 0 aliphatic rings. The smallest absolute Gasteiger partial charge is 0.392 e. The Bertz CT molecular complexity index is 375. The molecule has 0 aliphatic heterocycles. The zero-order valence-corrected chi connectivity index (χ0v) is 18.8. The van der Waals surface area contributed by atoms with Crippen LogP contribution in [0.4, 0.5) is 0 Å². The maximum absolute atomic E-state index is 10.1. The van der Waals surface area contributed by atoms with Crippen molar-refractivity contribution in [3.8, 4) is 0 Å². The topological polar surface area (TPSA) is 204 Å². The van der Waals surface area contributed by atoms with Crippen LogP contribution in [0.15, 0.2) is 0 Å². The van der Waals surface area contributed by atoms with Gasteiger partial charge in [0.25, 0.3) is 0 Å². The van der Waals surface area contributed by atoms with Crippen molar-refractivity contribution in [1.82, 2.24) is 4.90 Å². The minimum atomic E-state index is -4.08. The molecule has 9 N–H and O–H groups in total. The van der Waals surface area contributed by atoms with Gasteiger partial charge in [0.05, 0.1) is 31.5 Å². The predicted octanol–water partition coefficient (Wildman–Crippen LogP) is -3.96. The van der Waals surface area contributed by atoms with Crippen LogP contribution in [-0.2, 0) is 9.47 Å². The lowest BCUT2D eigenvalue weighted by Gasteiger charge is -2.28. The molecule has 14 heteroatoms. The van der Waals surface area contributed by atoms with Gasteiger partial charge in [-0.25, -0.2) is 0 Å². The number of rotatable bonds is 18. The Labute approximate surface area is 172 Å². The first-order chi connectivity index (χ1) is 13.3. The average molecular weight is 464 g/mol. The van der Waals surface area contributed by atoms with Crippen LogP contribution in [0, 0.1) is 0 Å². The summed E-state index contributed by atoms with van der Waals surface area (Å²) in [7, 11) is -8.15. The Morgan fingerprint density at radius 1 is 0.690 bits per heavy atom. The van der Waals surface area contributed by atoms with Crippen LogP contribution < -0.4 is 0 Å². The first-order valence-corrected chi connectivity index (χ1v) is 13.6. The molecule has 12 nitrogen and oxygen atoms in total. The Morgan fingerprint density at radius 2 is 1.07 bits per heavy atom. The molecular formula is C15H37NO11Si2. The van der Waals surface area contributed by atoms with Crippen molar-refractivity contribution in [1.29, 1.82) is 0 Å². The second-order valence-corrected chi connectivity index (χ2v) is 11.4. The number of hydrogen-bond donors (Lipinski definition) is 9. The van der Waals surface area contributed by atoms with Gasteiger partial charge < -0.3 is 53.6 Å². The van der Waals surface area contributed by atoms with E-state index in [2.05, 4.69) is 0 Å². The third-order valence-electron chi connectivity index (χ3n) is 3.68. The average Bonchev–Trinajstić information content (AvgIpc) is 2.51. The molecule has 0 aromatic rings. The molecular weight excluding hydrogens is 426 g/mol. The predicted molar refractivity (Wildman–Crippen MR) is 105 cm³/mol. The summed E-state index contributed by atoms with van der Waals surface area (Å²) in [5.41, 5.74) is 0. The van der Waals surface area contributed by atoms with Crippen LogP contribution in [-0.4, -0.2) is 131 Å². The second kappa shape index (κ2) is 14.9. The molecule has 0 saturated carbocycles. The summed E-state index contributed by atoms with van der Waals surface area (Å²) in [5, 5.41) is 29.7. The number of ether oxygens (including phenoxy) is 2. The lowest BCUT2D eigenvalue weighted by Crippen LogP contribution is -2.44. The standard InChI is InChI=1S/C15H37NO11Si2/c1-13(17)8-16(9-14(18)11-26-4-2-6-28(20,21)22)10-15(19)12-27-5-3-7-29(23,24)25/h13-15,17-25H,2-12H2,1H3. The number of hydrogen-bond acceptors (Lipinski definition) is 12. The van der Waals surface area contributed by atoms with Crippen LogP contribution in [0.25, 0.3) is 0 Å². The monoisotopic (exact) mass is 463 g/mol. The van der Waals surface area contributed by atoms with E-state index in [0.717, 1.165) is 0 Å². The molecule has 3 atom stereocenters. The lowest BCUT2D eigenvalue weighted by molar-refractivity contribution is -0.0188. The third-order valence-corrected chi connectivity index (χ3v) is 5.73. The van der Waals surface area contributed by atoms with Gasteiger partial charge in [-0.15, -0.1) is 0 Å². The van der Waals surface area contributed by atoms with E-state index in [1.165, 1.54) is 0 Å². The first kappa shape index (κ1) is 29.0. The van der Waals surface area contributed by atoms with Crippen LogP contribution in [0.5, 0.6) is 0 Å². The molecule has 0 aliphatic carbocycles. The van der Waals surface area contributed by atoms with E-state index in [-0.39, 0.29) is 71.0 Å². The summed E-state index contributed by atoms with van der Waals surface area (Å²) in [6.45, 7) is 2.23. The maximum Gasteiger partial charge on any atom is 0.492 e. The largest absolute Gasteiger partial charge is 0.492 e. The van der Waals surface area contributed by atoms with Gasteiger partial charge >= 0.3 is 17.6 Å². The van der Waals surface area contributed by atoms with Gasteiger partial charge in [-0.3, -0.25) is 4.90 Å². The van der Waals surface area contributed by atoms with Crippen molar-refractivity contribution in [3.05, 3.63) is 0 Å². The fourth-order valence-corrected chi connectivity index (χ4v) is 3.80. The zero-order valence-electron chi connectivity index (χ0n) is 16.8. The van der Waals surface area contributed by atoms with Gasteiger partial charge in [0, 0.05) is 44.9 Å². The Kier molecular flexibility index (Phi) is 14.8. The molecule has 0 spiro atoms. The molecule has 0 amide bonds. The molecule has 0 aromatic carbocycles. The Morgan fingerprint density at radius 3 is 1.38 bits per heavy atom. The van der Waals surface area contributed by atoms with Crippen molar-refractivity contribution < 1.29 is 53.6 Å². The zero-order chi connectivity index (χ0) is 22.5. The van der Waals surface area contributed by atoms with Gasteiger partial charge in [-0.1, -0.05) is 0 Å². The first-order valence-electron chi connectivity index (χ1n) is 9.55. The number of nitrogens with zero attached hydrogens (tertiary/aromatic N) is 1. The normalized spacial score (nSPS) is 16.2. The molecule has 0 bridgehead atoms. The molecule has 0 aromatic heterocycles. The van der Waals surface area contributed by atoms with Crippen LogP contribution >= 0.6 is 0 Å². The van der Waals surface area contributed by atoms with Crippen molar-refractivity contribution >= 4 is 17.6 Å². The third kappa shape index (κ3) is 21.0. The summed E-state index contributed by atoms with van der Waals surface area (Å²) in [6.07, 6.45) is -2.02. The van der Waals surface area contributed by atoms with Gasteiger partial charge in [0.15, 0.2) is 0 Å². The summed E-state index contributed by atoms with van der Waals surface area (Å²) >= 11 is 0. The van der Waals surface area contributed by atoms with E-state index >= 15 is 0 Å². The highest BCUT2D eigenvalue weighted by Crippen LogP contribution is 2.05. The molecule has 0 saturated heterocycles. The molecule has 0 rings (SSSR count). The summed E-state index contributed by atoms with van der Waals surface area (Å²) in [5.74, 6) is 0. The van der Waals surface area contributed by atoms with Crippen molar-refractivity contribution in [2.75, 3.05) is 46.1 Å². The second-order valence-electron chi connectivity index (χ2n) is 7.28. The van der Waals surface area contributed by atoms with Crippen molar-refractivity contribution in [3.63, 3.8) is 0 Å². The summed E-state index contributed by atoms with van der Waals surface area (Å²) in [4.78, 5) is 55.0. The fraction of sp³-hybridized carbons (Fsp3) is 1.00. The lowest BCUT2D eigenvalue weighted by atomic mass is 10.2. The molecule has 0 heterocycles.